The lowest BCUT2D eigenvalue weighted by molar-refractivity contribution is -0.462. The van der Waals surface area contributed by atoms with Crippen molar-refractivity contribution in [2.45, 2.75) is 52.6 Å². The molecule has 1 heterocycles. The molecule has 13 nitrogen and oxygen atoms in total. The molecular weight excluding hydrogens is 452 g/mol. The summed E-state index contributed by atoms with van der Waals surface area (Å²) in [6.45, 7) is 7.47. The van der Waals surface area contributed by atoms with Gasteiger partial charge in [-0.2, -0.15) is 0 Å². The molecule has 1 aromatic heterocycles. The van der Waals surface area contributed by atoms with Crippen molar-refractivity contribution < 1.29 is 24.6 Å². The summed E-state index contributed by atoms with van der Waals surface area (Å²) in [6, 6.07) is -1.73. The number of nitroso groups, excluding NO2 is 1. The van der Waals surface area contributed by atoms with E-state index in [4.69, 9.17) is 5.73 Å². The topological polar surface area (TPSA) is 193 Å². The van der Waals surface area contributed by atoms with Crippen molar-refractivity contribution in [3.63, 3.8) is 0 Å². The zero-order valence-electron chi connectivity index (χ0n) is 19.1. The van der Waals surface area contributed by atoms with E-state index in [9.17, 15) is 24.5 Å². The van der Waals surface area contributed by atoms with Crippen LogP contribution in [0, 0.1) is 22.7 Å². The third-order valence-corrected chi connectivity index (χ3v) is 5.75. The normalized spacial score (nSPS) is 15.2. The van der Waals surface area contributed by atoms with Gasteiger partial charge in [0.05, 0.1) is 18.5 Å². The van der Waals surface area contributed by atoms with Crippen LogP contribution in [-0.4, -0.2) is 58.1 Å². The van der Waals surface area contributed by atoms with E-state index in [-0.39, 0.29) is 24.2 Å². The van der Waals surface area contributed by atoms with Crippen molar-refractivity contribution in [2.24, 2.45) is 28.8 Å². The molecule has 0 saturated heterocycles. The SMILES string of the molecule is CC(C)C[C@@H](C(=O)N[C@H](C(=O)Nc1nccs1)[C@H](C)CC[NH+]=C(N)NN=O)[C@H](C)N(O)C=O. The lowest BCUT2D eigenvalue weighted by atomic mass is 9.89. The van der Waals surface area contributed by atoms with E-state index in [2.05, 4.69) is 25.9 Å². The van der Waals surface area contributed by atoms with E-state index >= 15 is 0 Å². The lowest BCUT2D eigenvalue weighted by Crippen LogP contribution is -2.78. The van der Waals surface area contributed by atoms with Crippen molar-refractivity contribution in [3.8, 4) is 0 Å². The Morgan fingerprint density at radius 1 is 1.33 bits per heavy atom. The number of nitrogens with one attached hydrogen (secondary N) is 4. The summed E-state index contributed by atoms with van der Waals surface area (Å²) in [4.78, 5) is 54.2. The van der Waals surface area contributed by atoms with Crippen LogP contribution in [0.15, 0.2) is 16.9 Å². The van der Waals surface area contributed by atoms with Crippen LogP contribution >= 0.6 is 11.3 Å². The first-order chi connectivity index (χ1) is 15.6. The molecule has 0 bridgehead atoms. The Hall–Kier alpha value is -3.13. The van der Waals surface area contributed by atoms with Crippen molar-refractivity contribution >= 4 is 40.7 Å². The van der Waals surface area contributed by atoms with Crippen molar-refractivity contribution in [3.05, 3.63) is 16.5 Å². The lowest BCUT2D eigenvalue weighted by Gasteiger charge is -2.31. The number of nitrogens with zero attached hydrogens (tertiary/aromatic N) is 3. The molecule has 7 N–H and O–H groups in total. The quantitative estimate of drug-likeness (QED) is 0.0490. The smallest absolute Gasteiger partial charge is 0.344 e. The highest BCUT2D eigenvalue weighted by molar-refractivity contribution is 7.13. The van der Waals surface area contributed by atoms with Gasteiger partial charge in [-0.15, -0.1) is 21.7 Å². The van der Waals surface area contributed by atoms with E-state index < -0.39 is 29.8 Å². The van der Waals surface area contributed by atoms with Gasteiger partial charge in [0, 0.05) is 11.6 Å². The Kier molecular flexibility index (Phi) is 11.9. The van der Waals surface area contributed by atoms with Crippen LogP contribution in [0.5, 0.6) is 0 Å². The molecule has 3 amide bonds. The molecule has 0 aromatic carbocycles. The number of thiazole rings is 1. The van der Waals surface area contributed by atoms with Gasteiger partial charge in [0.2, 0.25) is 18.2 Å². The maximum absolute atomic E-state index is 13.2. The fraction of sp³-hybridized carbons (Fsp3) is 0.632. The number of guanidine groups is 1. The second kappa shape index (κ2) is 14.1. The standard InChI is InChI=1S/C19H32N8O5S/c1-11(2)9-14(13(4)27(32)10-28)16(29)23-15(17(30)24-19-22-7-8-33-19)12(3)5-6-21-18(20)25-26-31/h7-8,10-15,32H,5-6,9H2,1-4H3,(H,23,29)(H,22,24,30)(H3,20,21,25,31)/p+1/t12-,13+,14-,15+/m1/s1. The first kappa shape index (κ1) is 27.9. The van der Waals surface area contributed by atoms with E-state index in [0.29, 0.717) is 29.6 Å². The Labute approximate surface area is 196 Å². The number of hydroxylamine groups is 2. The van der Waals surface area contributed by atoms with Crippen LogP contribution in [0.1, 0.15) is 40.5 Å². The molecule has 0 unspecified atom stereocenters. The zero-order valence-corrected chi connectivity index (χ0v) is 20.0. The number of hydrogen-bond acceptors (Lipinski definition) is 8. The van der Waals surface area contributed by atoms with Gasteiger partial charge in [-0.1, -0.05) is 20.8 Å². The maximum atomic E-state index is 13.2. The first-order valence-electron chi connectivity index (χ1n) is 10.5. The number of rotatable bonds is 14. The molecule has 0 aliphatic rings. The summed E-state index contributed by atoms with van der Waals surface area (Å²) < 4.78 is 0. The summed E-state index contributed by atoms with van der Waals surface area (Å²) in [6.07, 6.45) is 2.59. The average molecular weight is 486 g/mol. The molecule has 184 valence electrons. The molecular formula is C19H33N8O5S+. The minimum Gasteiger partial charge on any atom is -0.344 e. The Morgan fingerprint density at radius 3 is 2.58 bits per heavy atom. The molecule has 0 saturated carbocycles. The van der Waals surface area contributed by atoms with Gasteiger partial charge < -0.3 is 10.6 Å². The predicted molar refractivity (Wildman–Crippen MR) is 123 cm³/mol. The second-order valence-corrected chi connectivity index (χ2v) is 8.98. The van der Waals surface area contributed by atoms with Crippen LogP contribution in [0.3, 0.4) is 0 Å². The molecule has 0 fully saturated rings. The number of carbonyl (C=O) groups is 3. The summed E-state index contributed by atoms with van der Waals surface area (Å²) >= 11 is 1.24. The summed E-state index contributed by atoms with van der Waals surface area (Å²) in [5, 5.41) is 20.3. The van der Waals surface area contributed by atoms with E-state index in [1.807, 2.05) is 19.3 Å². The number of carbonyl (C=O) groups excluding carboxylic acids is 3. The van der Waals surface area contributed by atoms with Crippen molar-refractivity contribution in [1.82, 2.24) is 20.8 Å². The highest BCUT2D eigenvalue weighted by Crippen LogP contribution is 2.21. The van der Waals surface area contributed by atoms with Gasteiger partial charge in [0.15, 0.2) is 5.13 Å². The average Bonchev–Trinajstić information content (AvgIpc) is 3.27. The summed E-state index contributed by atoms with van der Waals surface area (Å²) in [5.41, 5.74) is 7.56. The fourth-order valence-corrected chi connectivity index (χ4v) is 3.73. The number of amides is 3. The number of aromatic nitrogens is 1. The first-order valence-corrected chi connectivity index (χ1v) is 11.4. The van der Waals surface area contributed by atoms with E-state index in [1.165, 1.54) is 11.3 Å². The van der Waals surface area contributed by atoms with Gasteiger partial charge in [-0.25, -0.2) is 10.0 Å². The largest absolute Gasteiger partial charge is 0.367 e. The van der Waals surface area contributed by atoms with E-state index in [0.717, 1.165) is 0 Å². The molecule has 0 aliphatic carbocycles. The van der Waals surface area contributed by atoms with Gasteiger partial charge in [0.1, 0.15) is 11.3 Å². The third-order valence-electron chi connectivity index (χ3n) is 5.06. The molecule has 14 heteroatoms. The molecule has 1 rings (SSSR count). The highest BCUT2D eigenvalue weighted by atomic mass is 32.1. The molecule has 0 aliphatic heterocycles. The minimum atomic E-state index is -0.938. The van der Waals surface area contributed by atoms with Crippen molar-refractivity contribution in [1.29, 1.82) is 0 Å². The summed E-state index contributed by atoms with van der Waals surface area (Å²) in [5.74, 6) is -1.95. The van der Waals surface area contributed by atoms with Crippen molar-refractivity contribution in [2.75, 3.05) is 11.9 Å². The van der Waals surface area contributed by atoms with Crippen LogP contribution in [-0.2, 0) is 14.4 Å². The van der Waals surface area contributed by atoms with Crippen LogP contribution < -0.4 is 26.8 Å². The Balaban J connectivity index is 3.05. The maximum Gasteiger partial charge on any atom is 0.367 e. The third kappa shape index (κ3) is 9.49. The summed E-state index contributed by atoms with van der Waals surface area (Å²) in [7, 11) is 0. The second-order valence-electron chi connectivity index (χ2n) is 8.08. The number of anilines is 1. The Morgan fingerprint density at radius 2 is 2.03 bits per heavy atom. The number of hydrogen-bond donors (Lipinski definition) is 6. The molecule has 0 spiro atoms. The minimum absolute atomic E-state index is 0.0345. The monoisotopic (exact) mass is 485 g/mol. The Bertz CT molecular complexity index is 804. The van der Waals surface area contributed by atoms with E-state index in [1.54, 1.807) is 25.4 Å². The highest BCUT2D eigenvalue weighted by Gasteiger charge is 2.34. The predicted octanol–water partition coefficient (Wildman–Crippen LogP) is -0.843. The molecule has 33 heavy (non-hydrogen) atoms. The van der Waals surface area contributed by atoms with Gasteiger partial charge >= 0.3 is 5.96 Å². The van der Waals surface area contributed by atoms with Crippen LogP contribution in [0.2, 0.25) is 0 Å². The van der Waals surface area contributed by atoms with Gasteiger partial charge in [-0.05, 0) is 31.6 Å². The van der Waals surface area contributed by atoms with Crippen LogP contribution in [0.4, 0.5) is 5.13 Å². The molecule has 0 radical (unpaired) electrons. The van der Waals surface area contributed by atoms with Crippen LogP contribution in [0.25, 0.3) is 0 Å². The number of nitrogens with two attached hydrogens (primary N) is 1. The molecule has 1 aromatic rings. The zero-order chi connectivity index (χ0) is 25.0. The fourth-order valence-electron chi connectivity index (χ4n) is 3.20. The van der Waals surface area contributed by atoms with Gasteiger partial charge in [0.25, 0.3) is 0 Å². The molecule has 4 atom stereocenters. The van der Waals surface area contributed by atoms with Gasteiger partial charge in [-0.3, -0.25) is 30.3 Å².